The van der Waals surface area contributed by atoms with Crippen LogP contribution < -0.4 is 15.8 Å². The molecule has 7 heteroatoms. The van der Waals surface area contributed by atoms with Crippen molar-refractivity contribution >= 4 is 23.6 Å². The number of halogens is 1. The van der Waals surface area contributed by atoms with E-state index in [0.29, 0.717) is 5.56 Å². The van der Waals surface area contributed by atoms with E-state index in [4.69, 9.17) is 22.6 Å². The van der Waals surface area contributed by atoms with Crippen molar-refractivity contribution in [2.24, 2.45) is 5.84 Å². The second kappa shape index (κ2) is 4.72. The van der Waals surface area contributed by atoms with E-state index in [1.165, 1.54) is 24.5 Å². The number of alkyl halides is 1. The number of hydrogen-bond donors (Lipinski definition) is 3. The highest BCUT2D eigenvalue weighted by atomic mass is 35.5. The Hall–Kier alpha value is -1.66. The predicted octanol–water partition coefficient (Wildman–Crippen LogP) is -0.230. The van der Waals surface area contributed by atoms with Crippen molar-refractivity contribution in [2.45, 2.75) is 5.38 Å². The Bertz CT molecular complexity index is 379. The second-order valence-corrected chi connectivity index (χ2v) is 3.13. The quantitative estimate of drug-likeness (QED) is 0.215. The maximum atomic E-state index is 11.0. The van der Waals surface area contributed by atoms with Crippen molar-refractivity contribution in [3.63, 3.8) is 0 Å². The molecule has 1 heterocycles. The predicted molar refractivity (Wildman–Crippen MR) is 51.0 cm³/mol. The molecule has 1 amide bonds. The third-order valence-corrected chi connectivity index (χ3v) is 2.16. The van der Waals surface area contributed by atoms with Crippen molar-refractivity contribution in [2.75, 3.05) is 0 Å². The van der Waals surface area contributed by atoms with Crippen LogP contribution in [0.1, 0.15) is 10.9 Å². The molecular formula is C8H9ClN3O3+. The molecule has 4 N–H and O–H groups in total. The number of pyridine rings is 1. The first kappa shape index (κ1) is 11.4. The maximum Gasteiger partial charge on any atom is 0.513 e. The number of aromatic nitrogens is 1. The molecule has 0 aliphatic rings. The molecule has 0 aliphatic carbocycles. The van der Waals surface area contributed by atoms with E-state index in [0.717, 1.165) is 4.57 Å². The molecule has 1 aromatic heterocycles. The van der Waals surface area contributed by atoms with E-state index in [2.05, 4.69) is 0 Å². The summed E-state index contributed by atoms with van der Waals surface area (Å²) >= 11 is 5.57. The second-order valence-electron chi connectivity index (χ2n) is 2.69. The molecule has 0 radical (unpaired) electrons. The van der Waals surface area contributed by atoms with Gasteiger partial charge in [-0.2, -0.15) is 20.6 Å². The van der Waals surface area contributed by atoms with Crippen molar-refractivity contribution in [3.8, 4) is 0 Å². The van der Waals surface area contributed by atoms with Gasteiger partial charge in [-0.05, 0) is 17.7 Å². The van der Waals surface area contributed by atoms with Crippen molar-refractivity contribution in [1.82, 2.24) is 5.43 Å². The average Bonchev–Trinajstić information content (AvgIpc) is 2.27. The third kappa shape index (κ3) is 2.64. The van der Waals surface area contributed by atoms with Crippen LogP contribution in [0.25, 0.3) is 0 Å². The maximum absolute atomic E-state index is 11.0. The molecule has 1 atom stereocenters. The fraction of sp³-hybridized carbons (Fsp3) is 0.125. The molecule has 0 aromatic carbocycles. The fourth-order valence-corrected chi connectivity index (χ4v) is 1.10. The van der Waals surface area contributed by atoms with Gasteiger partial charge in [-0.1, -0.05) is 0 Å². The van der Waals surface area contributed by atoms with Crippen LogP contribution in [-0.4, -0.2) is 17.1 Å². The number of nitrogens with two attached hydrogens (primary N) is 1. The summed E-state index contributed by atoms with van der Waals surface area (Å²) in [4.78, 5) is 21.5. The molecule has 6 nitrogen and oxygen atoms in total. The largest absolute Gasteiger partial charge is 0.513 e. The molecule has 1 aromatic rings. The number of hydrazine groups is 1. The molecule has 0 saturated heterocycles. The van der Waals surface area contributed by atoms with Crippen LogP contribution in [0.15, 0.2) is 24.5 Å². The number of carbonyl (C=O) groups excluding carboxylic acids is 1. The van der Waals surface area contributed by atoms with Crippen molar-refractivity contribution < 1.29 is 19.3 Å². The number of carbonyl (C=O) groups is 2. The number of carboxylic acid groups (broad SMARTS) is 1. The van der Waals surface area contributed by atoms with Gasteiger partial charge in [0.1, 0.15) is 0 Å². The Morgan fingerprint density at radius 1 is 1.47 bits per heavy atom. The van der Waals surface area contributed by atoms with Gasteiger partial charge in [0.15, 0.2) is 5.38 Å². The van der Waals surface area contributed by atoms with Gasteiger partial charge in [0, 0.05) is 0 Å². The lowest BCUT2D eigenvalue weighted by Crippen LogP contribution is -2.52. The van der Waals surface area contributed by atoms with Crippen LogP contribution in [0.2, 0.25) is 0 Å². The highest BCUT2D eigenvalue weighted by Gasteiger charge is 2.17. The minimum absolute atomic E-state index is 0.394. The molecular weight excluding hydrogens is 222 g/mol. The van der Waals surface area contributed by atoms with Crippen LogP contribution in [0.3, 0.4) is 0 Å². The van der Waals surface area contributed by atoms with Crippen molar-refractivity contribution in [1.29, 1.82) is 0 Å². The van der Waals surface area contributed by atoms with Gasteiger partial charge in [0.2, 0.25) is 0 Å². The van der Waals surface area contributed by atoms with Crippen molar-refractivity contribution in [3.05, 3.63) is 30.1 Å². The van der Waals surface area contributed by atoms with Crippen LogP contribution in [0.4, 0.5) is 4.79 Å². The number of aliphatic carboxylic acids is 1. The Morgan fingerprint density at radius 3 is 2.40 bits per heavy atom. The summed E-state index contributed by atoms with van der Waals surface area (Å²) in [5, 5.41) is 7.50. The van der Waals surface area contributed by atoms with Crippen LogP contribution in [-0.2, 0) is 4.79 Å². The first-order chi connectivity index (χ1) is 7.06. The highest BCUT2D eigenvalue weighted by molar-refractivity contribution is 6.29. The number of hydrogen-bond acceptors (Lipinski definition) is 3. The summed E-state index contributed by atoms with van der Waals surface area (Å²) in [5.41, 5.74) is 2.32. The summed E-state index contributed by atoms with van der Waals surface area (Å²) in [7, 11) is 0. The van der Waals surface area contributed by atoms with Crippen LogP contribution in [0, 0.1) is 0 Å². The van der Waals surface area contributed by atoms with E-state index in [9.17, 15) is 9.59 Å². The molecule has 0 spiro atoms. The zero-order chi connectivity index (χ0) is 11.4. The topological polar surface area (TPSA) is 96.3 Å². The number of rotatable bonds is 2. The molecule has 1 rings (SSSR count). The van der Waals surface area contributed by atoms with Gasteiger partial charge in [-0.25, -0.2) is 0 Å². The van der Waals surface area contributed by atoms with Gasteiger partial charge < -0.3 is 5.11 Å². The fourth-order valence-electron chi connectivity index (χ4n) is 0.959. The molecule has 15 heavy (non-hydrogen) atoms. The first-order valence-electron chi connectivity index (χ1n) is 3.95. The lowest BCUT2D eigenvalue weighted by atomic mass is 10.2. The number of nitrogen functional groups attached to an aromatic ring is 1. The molecule has 0 bridgehead atoms. The SMILES string of the molecule is NNC(=O)[n+]1ccc(C(Cl)C(=O)O)cc1. The van der Waals surface area contributed by atoms with Gasteiger partial charge >= 0.3 is 12.0 Å². The summed E-state index contributed by atoms with van der Waals surface area (Å²) in [6.07, 6.45) is 2.74. The number of nitrogens with one attached hydrogen (secondary N) is 1. The molecule has 0 aliphatic heterocycles. The highest BCUT2D eigenvalue weighted by Crippen LogP contribution is 2.18. The van der Waals surface area contributed by atoms with E-state index in [1.54, 1.807) is 0 Å². The number of nitrogens with zero attached hydrogens (tertiary/aromatic N) is 1. The monoisotopic (exact) mass is 230 g/mol. The lowest BCUT2D eigenvalue weighted by Gasteiger charge is -2.03. The summed E-state index contributed by atoms with van der Waals surface area (Å²) in [6.45, 7) is 0. The molecule has 0 saturated carbocycles. The molecule has 1 unspecified atom stereocenters. The van der Waals surface area contributed by atoms with Gasteiger partial charge in [0.25, 0.3) is 0 Å². The number of carboxylic acids is 1. The standard InChI is InChI=1S/C8H8ClN3O3/c9-6(7(13)14)5-1-3-12(4-2-5)8(15)11-10/h1-4,6H,10H2,(H-,11,13,14,15)/p+1. The minimum atomic E-state index is -1.14. The zero-order valence-electron chi connectivity index (χ0n) is 7.55. The lowest BCUT2D eigenvalue weighted by molar-refractivity contribution is -0.572. The third-order valence-electron chi connectivity index (χ3n) is 1.72. The Kier molecular flexibility index (Phi) is 3.59. The summed E-state index contributed by atoms with van der Waals surface area (Å²) < 4.78 is 1.16. The van der Waals surface area contributed by atoms with Crippen LogP contribution in [0.5, 0.6) is 0 Å². The Balaban J connectivity index is 2.90. The van der Waals surface area contributed by atoms with Gasteiger partial charge in [-0.15, -0.1) is 11.6 Å². The minimum Gasteiger partial charge on any atom is -0.480 e. The zero-order valence-corrected chi connectivity index (χ0v) is 8.31. The smallest absolute Gasteiger partial charge is 0.480 e. The normalized spacial score (nSPS) is 11.9. The first-order valence-corrected chi connectivity index (χ1v) is 4.39. The van der Waals surface area contributed by atoms with Gasteiger partial charge in [0.05, 0.1) is 12.4 Å². The van der Waals surface area contributed by atoms with E-state index >= 15 is 0 Å². The Morgan fingerprint density at radius 2 is 2.00 bits per heavy atom. The van der Waals surface area contributed by atoms with E-state index in [1.807, 2.05) is 5.43 Å². The molecule has 80 valence electrons. The van der Waals surface area contributed by atoms with E-state index in [-0.39, 0.29) is 0 Å². The van der Waals surface area contributed by atoms with Crippen LogP contribution >= 0.6 is 11.6 Å². The Labute approximate surface area is 90.2 Å². The average molecular weight is 231 g/mol. The molecule has 0 fully saturated rings. The summed E-state index contributed by atoms with van der Waals surface area (Å²) in [6, 6.07) is 2.34. The van der Waals surface area contributed by atoms with E-state index < -0.39 is 17.4 Å². The van der Waals surface area contributed by atoms with Gasteiger partial charge in [-0.3, -0.25) is 4.79 Å². The summed E-state index contributed by atoms with van der Waals surface area (Å²) in [5.74, 6) is 3.77. The number of amides is 1.